The van der Waals surface area contributed by atoms with Gasteiger partial charge in [-0.25, -0.2) is 0 Å². The van der Waals surface area contributed by atoms with Gasteiger partial charge < -0.3 is 19.7 Å². The quantitative estimate of drug-likeness (QED) is 0.792. The fraction of sp³-hybridized carbons (Fsp3) is 0.538. The Labute approximate surface area is 112 Å². The second-order valence-electron chi connectivity index (χ2n) is 5.04. The van der Waals surface area contributed by atoms with Crippen molar-refractivity contribution in [3.63, 3.8) is 0 Å². The molecule has 2 amide bonds. The molecule has 1 aromatic heterocycles. The molecule has 19 heavy (non-hydrogen) atoms. The van der Waals surface area contributed by atoms with Crippen LogP contribution in [0.4, 0.5) is 0 Å². The molecule has 1 rings (SSSR count). The summed E-state index contributed by atoms with van der Waals surface area (Å²) in [6, 6.07) is 3.16. The van der Waals surface area contributed by atoms with Crippen LogP contribution in [-0.4, -0.2) is 47.6 Å². The Hall–Kier alpha value is -1.82. The van der Waals surface area contributed by atoms with Crippen molar-refractivity contribution < 1.29 is 19.1 Å². The number of nitrogens with one attached hydrogen (secondary N) is 1. The molecular formula is C13H20N2O4. The molecule has 6 heteroatoms. The highest BCUT2D eigenvalue weighted by atomic mass is 16.3. The summed E-state index contributed by atoms with van der Waals surface area (Å²) in [4.78, 5) is 24.9. The van der Waals surface area contributed by atoms with Crippen LogP contribution in [0.5, 0.6) is 0 Å². The summed E-state index contributed by atoms with van der Waals surface area (Å²) in [5.74, 6) is -0.425. The first-order chi connectivity index (χ1) is 8.85. The van der Waals surface area contributed by atoms with Crippen molar-refractivity contribution in [3.8, 4) is 0 Å². The summed E-state index contributed by atoms with van der Waals surface area (Å²) < 4.78 is 4.98. The van der Waals surface area contributed by atoms with Crippen molar-refractivity contribution >= 4 is 11.8 Å². The Bertz CT molecular complexity index is 426. The molecule has 0 unspecified atom stereocenters. The number of nitrogens with zero attached hydrogens (tertiary/aromatic N) is 1. The maximum Gasteiger partial charge on any atom is 0.289 e. The molecular weight excluding hydrogens is 248 g/mol. The summed E-state index contributed by atoms with van der Waals surface area (Å²) >= 11 is 0. The topological polar surface area (TPSA) is 82.8 Å². The Morgan fingerprint density at radius 3 is 2.68 bits per heavy atom. The summed E-state index contributed by atoms with van der Waals surface area (Å²) in [6.45, 7) is 3.56. The molecule has 0 aliphatic heterocycles. The third-order valence-electron chi connectivity index (χ3n) is 2.67. The largest absolute Gasteiger partial charge is 0.459 e. The normalized spacial score (nSPS) is 11.2. The molecule has 0 fully saturated rings. The van der Waals surface area contributed by atoms with Crippen molar-refractivity contribution in [2.24, 2.45) is 0 Å². The van der Waals surface area contributed by atoms with Crippen LogP contribution in [0.3, 0.4) is 0 Å². The molecule has 0 saturated heterocycles. The number of aliphatic hydroxyl groups is 1. The zero-order chi connectivity index (χ0) is 14.5. The zero-order valence-corrected chi connectivity index (χ0v) is 11.5. The lowest BCUT2D eigenvalue weighted by Gasteiger charge is -2.26. The van der Waals surface area contributed by atoms with Gasteiger partial charge in [0.2, 0.25) is 5.91 Å². The van der Waals surface area contributed by atoms with E-state index < -0.39 is 5.54 Å². The van der Waals surface area contributed by atoms with Crippen LogP contribution in [-0.2, 0) is 4.79 Å². The zero-order valence-electron chi connectivity index (χ0n) is 11.5. The molecule has 106 valence electrons. The predicted octanol–water partition coefficient (Wildman–Crippen LogP) is 0.629. The van der Waals surface area contributed by atoms with Crippen LogP contribution in [0.15, 0.2) is 22.8 Å². The third kappa shape index (κ3) is 4.75. The van der Waals surface area contributed by atoms with E-state index in [1.807, 2.05) is 13.8 Å². The minimum atomic E-state index is -0.500. The van der Waals surface area contributed by atoms with Crippen molar-refractivity contribution in [1.29, 1.82) is 0 Å². The number of carbonyl (C=O) groups is 2. The lowest BCUT2D eigenvalue weighted by Crippen LogP contribution is -2.48. The number of amides is 2. The molecule has 2 N–H and O–H groups in total. The average Bonchev–Trinajstić information content (AvgIpc) is 2.79. The first kappa shape index (κ1) is 15.2. The number of hydrogen-bond acceptors (Lipinski definition) is 4. The number of hydrogen-bond donors (Lipinski definition) is 2. The van der Waals surface area contributed by atoms with Crippen LogP contribution < -0.4 is 5.32 Å². The van der Waals surface area contributed by atoms with Gasteiger partial charge in [0.15, 0.2) is 5.76 Å². The van der Waals surface area contributed by atoms with Gasteiger partial charge in [0.1, 0.15) is 0 Å². The van der Waals surface area contributed by atoms with Gasteiger partial charge in [-0.1, -0.05) is 0 Å². The summed E-state index contributed by atoms with van der Waals surface area (Å²) in [6.07, 6.45) is 1.86. The summed E-state index contributed by atoms with van der Waals surface area (Å²) in [5.41, 5.74) is -0.500. The SMILES string of the molecule is CN(CC(=O)NC(C)(C)CCO)C(=O)c1ccco1. The molecule has 0 aliphatic carbocycles. The van der Waals surface area contributed by atoms with Crippen LogP contribution in [0.25, 0.3) is 0 Å². The number of furan rings is 1. The fourth-order valence-electron chi connectivity index (χ4n) is 1.63. The van der Waals surface area contributed by atoms with Crippen molar-refractivity contribution in [2.75, 3.05) is 20.2 Å². The lowest BCUT2D eigenvalue weighted by molar-refractivity contribution is -0.123. The van der Waals surface area contributed by atoms with Crippen molar-refractivity contribution in [1.82, 2.24) is 10.2 Å². The first-order valence-electron chi connectivity index (χ1n) is 6.06. The second kappa shape index (κ2) is 6.38. The van der Waals surface area contributed by atoms with Gasteiger partial charge in [-0.15, -0.1) is 0 Å². The Morgan fingerprint density at radius 2 is 2.16 bits per heavy atom. The highest BCUT2D eigenvalue weighted by Crippen LogP contribution is 2.08. The fourth-order valence-corrected chi connectivity index (χ4v) is 1.63. The van der Waals surface area contributed by atoms with Gasteiger partial charge in [-0.3, -0.25) is 9.59 Å². The van der Waals surface area contributed by atoms with Crippen LogP contribution in [0.2, 0.25) is 0 Å². The third-order valence-corrected chi connectivity index (χ3v) is 2.67. The molecule has 1 heterocycles. The maximum atomic E-state index is 11.8. The van der Waals surface area contributed by atoms with Gasteiger partial charge in [-0.05, 0) is 32.4 Å². The van der Waals surface area contributed by atoms with Crippen LogP contribution >= 0.6 is 0 Å². The highest BCUT2D eigenvalue weighted by Gasteiger charge is 2.22. The van der Waals surface area contributed by atoms with Crippen LogP contribution in [0, 0.1) is 0 Å². The van der Waals surface area contributed by atoms with E-state index in [-0.39, 0.29) is 30.7 Å². The van der Waals surface area contributed by atoms with E-state index in [4.69, 9.17) is 9.52 Å². The average molecular weight is 268 g/mol. The molecule has 0 aromatic carbocycles. The number of rotatable bonds is 6. The van der Waals surface area contributed by atoms with Gasteiger partial charge >= 0.3 is 0 Å². The minimum absolute atomic E-state index is 0.00551. The van der Waals surface area contributed by atoms with Gasteiger partial charge in [0.25, 0.3) is 5.91 Å². The van der Waals surface area contributed by atoms with Gasteiger partial charge in [0.05, 0.1) is 12.8 Å². The van der Waals surface area contributed by atoms with E-state index >= 15 is 0 Å². The molecule has 1 aromatic rings. The molecule has 0 saturated carbocycles. The van der Waals surface area contributed by atoms with E-state index in [0.717, 1.165) is 0 Å². The smallest absolute Gasteiger partial charge is 0.289 e. The molecule has 6 nitrogen and oxygen atoms in total. The van der Waals surface area contributed by atoms with E-state index in [2.05, 4.69) is 5.32 Å². The van der Waals surface area contributed by atoms with Gasteiger partial charge in [0, 0.05) is 19.2 Å². The molecule has 0 bridgehead atoms. The summed E-state index contributed by atoms with van der Waals surface area (Å²) in [7, 11) is 1.53. The maximum absolute atomic E-state index is 11.8. The second-order valence-corrected chi connectivity index (χ2v) is 5.04. The Balaban J connectivity index is 2.50. The van der Waals surface area contributed by atoms with E-state index in [9.17, 15) is 9.59 Å². The van der Waals surface area contributed by atoms with Crippen molar-refractivity contribution in [3.05, 3.63) is 24.2 Å². The Morgan fingerprint density at radius 1 is 1.47 bits per heavy atom. The monoisotopic (exact) mass is 268 g/mol. The molecule has 0 aliphatic rings. The first-order valence-corrected chi connectivity index (χ1v) is 6.06. The molecule has 0 radical (unpaired) electrons. The highest BCUT2D eigenvalue weighted by molar-refractivity contribution is 5.94. The number of carbonyl (C=O) groups excluding carboxylic acids is 2. The molecule has 0 spiro atoms. The number of aliphatic hydroxyl groups excluding tert-OH is 1. The summed E-state index contributed by atoms with van der Waals surface area (Å²) in [5, 5.41) is 11.6. The standard InChI is InChI=1S/C13H20N2O4/c1-13(2,6-7-16)14-11(17)9-15(3)12(18)10-5-4-8-19-10/h4-5,8,16H,6-7,9H2,1-3H3,(H,14,17). The Kier molecular flexibility index (Phi) is 5.11. The minimum Gasteiger partial charge on any atom is -0.459 e. The van der Waals surface area contributed by atoms with Crippen molar-refractivity contribution in [2.45, 2.75) is 25.8 Å². The van der Waals surface area contributed by atoms with Crippen LogP contribution in [0.1, 0.15) is 30.8 Å². The molecule has 0 atom stereocenters. The predicted molar refractivity (Wildman–Crippen MR) is 69.6 cm³/mol. The van der Waals surface area contributed by atoms with E-state index in [0.29, 0.717) is 6.42 Å². The number of likely N-dealkylation sites (N-methyl/N-ethyl adjacent to an activating group) is 1. The van der Waals surface area contributed by atoms with E-state index in [1.165, 1.54) is 18.2 Å². The van der Waals surface area contributed by atoms with E-state index in [1.54, 1.807) is 12.1 Å². The van der Waals surface area contributed by atoms with Gasteiger partial charge in [-0.2, -0.15) is 0 Å². The lowest BCUT2D eigenvalue weighted by atomic mass is 10.0.